The molecule has 3 atom stereocenters. The van der Waals surface area contributed by atoms with Gasteiger partial charge in [0.25, 0.3) is 0 Å². The first-order chi connectivity index (χ1) is 10.3. The first kappa shape index (κ1) is 16.2. The van der Waals surface area contributed by atoms with Gasteiger partial charge >= 0.3 is 0 Å². The Labute approximate surface area is 128 Å². The van der Waals surface area contributed by atoms with Crippen LogP contribution in [-0.2, 0) is 0 Å². The molecule has 22 heavy (non-hydrogen) atoms. The summed E-state index contributed by atoms with van der Waals surface area (Å²) in [6.07, 6.45) is 4.17. The molecule has 1 aromatic carbocycles. The van der Waals surface area contributed by atoms with Crippen LogP contribution in [0.15, 0.2) is 42.2 Å². The van der Waals surface area contributed by atoms with Crippen LogP contribution in [-0.4, -0.2) is 33.9 Å². The third kappa shape index (κ3) is 3.70. The number of benzene rings is 1. The van der Waals surface area contributed by atoms with Gasteiger partial charge in [-0.15, -0.1) is 0 Å². The van der Waals surface area contributed by atoms with Crippen LogP contribution in [0.1, 0.15) is 6.92 Å². The minimum absolute atomic E-state index is 0.0902. The minimum Gasteiger partial charge on any atom is -0.508 e. The number of aliphatic hydroxyl groups excluding tert-OH is 1. The van der Waals surface area contributed by atoms with E-state index < -0.39 is 11.6 Å². The summed E-state index contributed by atoms with van der Waals surface area (Å²) in [5.41, 5.74) is 9.65. The van der Waals surface area contributed by atoms with Crippen LogP contribution < -0.4 is 20.9 Å². The molecule has 2 aliphatic rings. The Bertz CT molecular complexity index is 596. The average molecular weight is 308 g/mol. The van der Waals surface area contributed by atoms with Gasteiger partial charge in [-0.3, -0.25) is 5.73 Å². The van der Waals surface area contributed by atoms with Crippen molar-refractivity contribution in [2.24, 2.45) is 17.4 Å². The zero-order valence-electron chi connectivity index (χ0n) is 12.1. The number of hydrogen-bond acceptors (Lipinski definition) is 7. The molecule has 7 heteroatoms. The molecule has 0 radical (unpaired) electrons. The summed E-state index contributed by atoms with van der Waals surface area (Å²) in [5.74, 6) is 1.15. The van der Waals surface area contributed by atoms with Crippen LogP contribution in [0.2, 0.25) is 0 Å². The highest BCUT2D eigenvalue weighted by atomic mass is 16.7. The number of nitrogens with two attached hydrogens (primary N) is 2. The van der Waals surface area contributed by atoms with Crippen molar-refractivity contribution >= 4 is 0 Å². The number of fused-ring (bicyclic) bond motifs is 1. The van der Waals surface area contributed by atoms with Crippen molar-refractivity contribution in [3.8, 4) is 17.2 Å². The summed E-state index contributed by atoms with van der Waals surface area (Å²) >= 11 is 0. The van der Waals surface area contributed by atoms with E-state index in [1.54, 1.807) is 19.1 Å². The van der Waals surface area contributed by atoms with E-state index in [-0.39, 0.29) is 24.3 Å². The molecule has 1 heterocycles. The number of hydrogen-bond donors (Lipinski definition) is 5. The lowest BCUT2D eigenvalue weighted by molar-refractivity contribution is 0.0419. The van der Waals surface area contributed by atoms with Gasteiger partial charge in [0.05, 0.1) is 0 Å². The Balaban J connectivity index is 0.000000162. The summed E-state index contributed by atoms with van der Waals surface area (Å²) in [6.45, 7) is 1.98. The fourth-order valence-corrected chi connectivity index (χ4v) is 2.16. The third-order valence-corrected chi connectivity index (χ3v) is 3.33. The van der Waals surface area contributed by atoms with E-state index in [0.29, 0.717) is 11.5 Å². The van der Waals surface area contributed by atoms with E-state index in [9.17, 15) is 5.11 Å². The molecule has 0 aromatic heterocycles. The Hall–Kier alpha value is -2.22. The largest absolute Gasteiger partial charge is 0.508 e. The zero-order chi connectivity index (χ0) is 16.3. The van der Waals surface area contributed by atoms with E-state index in [1.807, 2.05) is 0 Å². The van der Waals surface area contributed by atoms with Gasteiger partial charge in [0.15, 0.2) is 11.5 Å². The first-order valence-corrected chi connectivity index (χ1v) is 6.75. The second-order valence-corrected chi connectivity index (χ2v) is 5.23. The molecule has 3 unspecified atom stereocenters. The second-order valence-electron chi connectivity index (χ2n) is 5.23. The van der Waals surface area contributed by atoms with Crippen molar-refractivity contribution in [2.75, 3.05) is 6.79 Å². The second kappa shape index (κ2) is 6.27. The molecule has 1 aromatic rings. The Morgan fingerprint density at radius 1 is 1.27 bits per heavy atom. The number of phenols is 1. The summed E-state index contributed by atoms with van der Waals surface area (Å²) in [7, 11) is 0. The number of aliphatic hydroxyl groups is 2. The Morgan fingerprint density at radius 3 is 2.59 bits per heavy atom. The fourth-order valence-electron chi connectivity index (χ4n) is 2.16. The van der Waals surface area contributed by atoms with Crippen LogP contribution in [0, 0.1) is 5.92 Å². The number of allylic oxidation sites excluding steroid dienone is 1. The lowest BCUT2D eigenvalue weighted by Gasteiger charge is -2.32. The maximum absolute atomic E-state index is 9.58. The van der Waals surface area contributed by atoms with Crippen LogP contribution in [0.4, 0.5) is 0 Å². The number of aromatic hydroxyl groups is 1. The van der Waals surface area contributed by atoms with E-state index in [1.165, 1.54) is 24.3 Å². The molecular weight excluding hydrogens is 288 g/mol. The number of rotatable bonds is 1. The summed E-state index contributed by atoms with van der Waals surface area (Å²) in [6, 6.07) is 4.47. The molecule has 7 nitrogen and oxygen atoms in total. The van der Waals surface area contributed by atoms with Gasteiger partial charge in [-0.05, 0) is 37.3 Å². The quantitative estimate of drug-likeness (QED) is 0.483. The smallest absolute Gasteiger partial charge is 0.231 e. The molecule has 0 bridgehead atoms. The molecule has 0 spiro atoms. The van der Waals surface area contributed by atoms with Gasteiger partial charge in [-0.25, -0.2) is 0 Å². The van der Waals surface area contributed by atoms with Crippen molar-refractivity contribution in [3.63, 3.8) is 0 Å². The van der Waals surface area contributed by atoms with Crippen LogP contribution in [0.25, 0.3) is 0 Å². The van der Waals surface area contributed by atoms with Crippen molar-refractivity contribution in [1.29, 1.82) is 0 Å². The Morgan fingerprint density at radius 2 is 1.95 bits per heavy atom. The summed E-state index contributed by atoms with van der Waals surface area (Å²) in [5, 5.41) is 27.7. The van der Waals surface area contributed by atoms with Gasteiger partial charge in [-0.2, -0.15) is 0 Å². The van der Waals surface area contributed by atoms with Crippen LogP contribution in [0.3, 0.4) is 0 Å². The van der Waals surface area contributed by atoms with Crippen molar-refractivity contribution in [3.05, 3.63) is 42.2 Å². The minimum atomic E-state index is -1.44. The van der Waals surface area contributed by atoms with Gasteiger partial charge in [0.1, 0.15) is 17.2 Å². The molecule has 120 valence electrons. The maximum Gasteiger partial charge on any atom is 0.231 e. The fraction of sp³-hybridized carbons (Fsp3) is 0.333. The van der Waals surface area contributed by atoms with E-state index in [2.05, 4.69) is 0 Å². The van der Waals surface area contributed by atoms with Gasteiger partial charge in [-0.1, -0.05) is 0 Å². The maximum atomic E-state index is 9.58. The molecule has 7 N–H and O–H groups in total. The molecule has 1 aliphatic heterocycles. The molecule has 3 rings (SSSR count). The molecule has 0 saturated carbocycles. The third-order valence-electron chi connectivity index (χ3n) is 3.33. The van der Waals surface area contributed by atoms with Crippen LogP contribution >= 0.6 is 0 Å². The lowest BCUT2D eigenvalue weighted by atomic mass is 9.86. The highest BCUT2D eigenvalue weighted by Gasteiger charge is 2.33. The standard InChI is InChI=1S/C8H14N2O2.C7H6O3/c1-5(9)7-4-6(11)2-3-8(7,10)12;8-5-1-2-6-7(3-5)10-4-9-6/h2-5,7,11-12H,9-10H2,1H3;1-3,8H,4H2. The Kier molecular flexibility index (Phi) is 4.60. The predicted molar refractivity (Wildman–Crippen MR) is 80.4 cm³/mol. The summed E-state index contributed by atoms with van der Waals surface area (Å²) in [4.78, 5) is 0. The first-order valence-electron chi connectivity index (χ1n) is 6.75. The number of phenolic OH excluding ortho intramolecular Hbond substituents is 1. The number of ether oxygens (including phenoxy) is 2. The molecule has 0 fully saturated rings. The van der Waals surface area contributed by atoms with Crippen molar-refractivity contribution in [2.45, 2.75) is 18.7 Å². The molecule has 0 saturated heterocycles. The predicted octanol–water partition coefficient (Wildman–Crippen LogP) is 0.730. The highest BCUT2D eigenvalue weighted by Crippen LogP contribution is 2.34. The van der Waals surface area contributed by atoms with Gasteiger partial charge < -0.3 is 30.5 Å². The lowest BCUT2D eigenvalue weighted by Crippen LogP contribution is -2.52. The van der Waals surface area contributed by atoms with Gasteiger partial charge in [0.2, 0.25) is 6.79 Å². The monoisotopic (exact) mass is 308 g/mol. The highest BCUT2D eigenvalue weighted by molar-refractivity contribution is 5.46. The topological polar surface area (TPSA) is 131 Å². The van der Waals surface area contributed by atoms with Gasteiger partial charge in [0, 0.05) is 18.0 Å². The normalized spacial score (nSPS) is 26.7. The van der Waals surface area contributed by atoms with Crippen molar-refractivity contribution in [1.82, 2.24) is 0 Å². The average Bonchev–Trinajstić information content (AvgIpc) is 2.89. The van der Waals surface area contributed by atoms with E-state index in [4.69, 9.17) is 31.2 Å². The van der Waals surface area contributed by atoms with E-state index in [0.717, 1.165) is 0 Å². The molecule has 1 aliphatic carbocycles. The van der Waals surface area contributed by atoms with E-state index >= 15 is 0 Å². The zero-order valence-corrected chi connectivity index (χ0v) is 12.1. The van der Waals surface area contributed by atoms with Crippen LogP contribution in [0.5, 0.6) is 17.2 Å². The molecule has 0 amide bonds. The summed E-state index contributed by atoms with van der Waals surface area (Å²) < 4.78 is 10.0. The molecular formula is C15H20N2O5. The SMILES string of the molecule is CC(N)C1C=C(O)C=CC1(N)O.Oc1ccc2c(c1)OCO2. The van der Waals surface area contributed by atoms with Crippen molar-refractivity contribution < 1.29 is 24.8 Å².